The number of nitriles is 1. The van der Waals surface area contributed by atoms with E-state index in [-0.39, 0.29) is 15.5 Å². The monoisotopic (exact) mass is 328 g/mol. The molecule has 0 saturated carbocycles. The van der Waals surface area contributed by atoms with Crippen LogP contribution in [0.5, 0.6) is 0 Å². The number of nitrogens with zero attached hydrogens (tertiary/aromatic N) is 3. The van der Waals surface area contributed by atoms with Crippen molar-refractivity contribution in [2.45, 2.75) is 23.8 Å². The second-order valence-electron chi connectivity index (χ2n) is 5.54. The van der Waals surface area contributed by atoms with Crippen LogP contribution in [0.15, 0.2) is 4.90 Å². The van der Waals surface area contributed by atoms with Gasteiger partial charge in [0.05, 0.1) is 5.69 Å². The summed E-state index contributed by atoms with van der Waals surface area (Å²) in [6, 6.07) is 2.50. The van der Waals surface area contributed by atoms with E-state index >= 15 is 0 Å². The van der Waals surface area contributed by atoms with E-state index in [0.717, 1.165) is 32.2 Å². The Hall–Kier alpha value is -1.30. The van der Waals surface area contributed by atoms with E-state index in [9.17, 15) is 8.42 Å². The van der Waals surface area contributed by atoms with Crippen LogP contribution in [0, 0.1) is 11.3 Å². The van der Waals surface area contributed by atoms with Crippen LogP contribution in [0.25, 0.3) is 0 Å². The van der Waals surface area contributed by atoms with Crippen LogP contribution in [0.1, 0.15) is 17.7 Å². The Labute approximate surface area is 129 Å². The van der Waals surface area contributed by atoms with E-state index in [1.165, 1.54) is 11.3 Å². The van der Waals surface area contributed by atoms with Crippen molar-refractivity contribution in [2.24, 2.45) is 0 Å². The first-order valence-corrected chi connectivity index (χ1v) is 9.40. The molecule has 1 aromatic heterocycles. The highest BCUT2D eigenvalue weighted by molar-refractivity contribution is 7.91. The molecule has 1 aromatic rings. The molecule has 0 unspecified atom stereocenters. The quantitative estimate of drug-likeness (QED) is 0.894. The molecule has 116 valence electrons. The van der Waals surface area contributed by atoms with Gasteiger partial charge in [-0.05, 0) is 26.9 Å². The van der Waals surface area contributed by atoms with Gasteiger partial charge in [0.25, 0.3) is 0 Å². The van der Waals surface area contributed by atoms with Crippen molar-refractivity contribution in [1.82, 2.24) is 4.90 Å². The third-order valence-electron chi connectivity index (χ3n) is 3.84. The third kappa shape index (κ3) is 3.15. The first-order chi connectivity index (χ1) is 9.75. The summed E-state index contributed by atoms with van der Waals surface area (Å²) in [5, 5.41) is 9.71. The van der Waals surface area contributed by atoms with Crippen LogP contribution < -0.4 is 10.6 Å². The van der Waals surface area contributed by atoms with Gasteiger partial charge in [0.2, 0.25) is 0 Å². The van der Waals surface area contributed by atoms with Crippen molar-refractivity contribution in [3.05, 3.63) is 4.88 Å². The van der Waals surface area contributed by atoms with Crippen molar-refractivity contribution in [3.8, 4) is 6.07 Å². The fourth-order valence-corrected chi connectivity index (χ4v) is 5.21. The standard InChI is InChI=1S/C13H20N4O2S2/c1-16(2)9-4-6-17(7-5-9)13-12(21(3,18)19)11(15)10(8-14)20-13/h9H,4-7,15H2,1-3H3. The summed E-state index contributed by atoms with van der Waals surface area (Å²) < 4.78 is 24.0. The van der Waals surface area contributed by atoms with Crippen LogP contribution in [-0.2, 0) is 9.84 Å². The maximum atomic E-state index is 12.0. The van der Waals surface area contributed by atoms with Gasteiger partial charge in [0.1, 0.15) is 20.8 Å². The Bertz CT molecular complexity index is 665. The van der Waals surface area contributed by atoms with Gasteiger partial charge >= 0.3 is 0 Å². The van der Waals surface area contributed by atoms with Crippen LogP contribution >= 0.6 is 11.3 Å². The molecule has 0 bridgehead atoms. The predicted molar refractivity (Wildman–Crippen MR) is 85.5 cm³/mol. The molecule has 2 rings (SSSR count). The van der Waals surface area contributed by atoms with Gasteiger partial charge in [-0.1, -0.05) is 0 Å². The molecule has 2 N–H and O–H groups in total. The number of piperidine rings is 1. The number of anilines is 2. The number of nitrogen functional groups attached to an aromatic ring is 1. The zero-order chi connectivity index (χ0) is 15.8. The van der Waals surface area contributed by atoms with Crippen LogP contribution in [0.2, 0.25) is 0 Å². The molecule has 0 spiro atoms. The molecule has 1 saturated heterocycles. The minimum atomic E-state index is -3.45. The Morgan fingerprint density at radius 2 is 1.95 bits per heavy atom. The highest BCUT2D eigenvalue weighted by Crippen LogP contribution is 2.42. The maximum absolute atomic E-state index is 12.0. The Morgan fingerprint density at radius 3 is 2.38 bits per heavy atom. The molecule has 0 amide bonds. The fraction of sp³-hybridized carbons (Fsp3) is 0.615. The molecule has 0 aliphatic carbocycles. The van der Waals surface area contributed by atoms with Crippen molar-refractivity contribution in [1.29, 1.82) is 5.26 Å². The highest BCUT2D eigenvalue weighted by Gasteiger charge is 2.30. The number of hydrogen-bond acceptors (Lipinski definition) is 7. The van der Waals surface area contributed by atoms with Crippen LogP contribution in [0.3, 0.4) is 0 Å². The van der Waals surface area contributed by atoms with Gasteiger partial charge in [-0.3, -0.25) is 0 Å². The van der Waals surface area contributed by atoms with Gasteiger partial charge in [-0.15, -0.1) is 11.3 Å². The summed E-state index contributed by atoms with van der Waals surface area (Å²) in [4.78, 5) is 4.63. The summed E-state index contributed by atoms with van der Waals surface area (Å²) in [6.07, 6.45) is 3.08. The van der Waals surface area contributed by atoms with Gasteiger partial charge in [-0.25, -0.2) is 8.42 Å². The highest BCUT2D eigenvalue weighted by atomic mass is 32.2. The smallest absolute Gasteiger partial charge is 0.180 e. The minimum Gasteiger partial charge on any atom is -0.396 e. The predicted octanol–water partition coefficient (Wildman–Crippen LogP) is 1.14. The topological polar surface area (TPSA) is 90.4 Å². The zero-order valence-electron chi connectivity index (χ0n) is 12.5. The van der Waals surface area contributed by atoms with Crippen LogP contribution in [-0.4, -0.2) is 52.8 Å². The lowest BCUT2D eigenvalue weighted by Gasteiger charge is -2.36. The summed E-state index contributed by atoms with van der Waals surface area (Å²) in [5.41, 5.74) is 5.95. The largest absolute Gasteiger partial charge is 0.396 e. The normalized spacial score (nSPS) is 17.2. The van der Waals surface area contributed by atoms with E-state index in [4.69, 9.17) is 11.0 Å². The van der Waals surface area contributed by atoms with Gasteiger partial charge in [0, 0.05) is 25.4 Å². The average Bonchev–Trinajstić information content (AvgIpc) is 2.75. The first-order valence-electron chi connectivity index (χ1n) is 6.69. The molecule has 2 heterocycles. The van der Waals surface area contributed by atoms with E-state index in [2.05, 4.69) is 19.0 Å². The average molecular weight is 328 g/mol. The molecular weight excluding hydrogens is 308 g/mol. The third-order valence-corrected chi connectivity index (χ3v) is 6.29. The second-order valence-corrected chi connectivity index (χ2v) is 8.50. The molecule has 21 heavy (non-hydrogen) atoms. The fourth-order valence-electron chi connectivity index (χ4n) is 2.65. The minimum absolute atomic E-state index is 0.0923. The molecule has 6 nitrogen and oxygen atoms in total. The summed E-state index contributed by atoms with van der Waals surface area (Å²) >= 11 is 1.18. The summed E-state index contributed by atoms with van der Waals surface area (Å²) in [6.45, 7) is 1.55. The van der Waals surface area contributed by atoms with E-state index < -0.39 is 9.84 Å². The molecule has 1 fully saturated rings. The second kappa shape index (κ2) is 5.83. The molecule has 0 atom stereocenters. The lowest BCUT2D eigenvalue weighted by Crippen LogP contribution is -2.42. The molecule has 0 aromatic carbocycles. The van der Waals surface area contributed by atoms with E-state index in [1.807, 2.05) is 11.0 Å². The SMILES string of the molecule is CN(C)C1CCN(c2sc(C#N)c(N)c2S(C)(=O)=O)CC1. The molecule has 1 aliphatic rings. The van der Waals surface area contributed by atoms with Crippen LogP contribution in [0.4, 0.5) is 10.7 Å². The lowest BCUT2D eigenvalue weighted by molar-refractivity contribution is 0.250. The number of sulfone groups is 1. The van der Waals surface area contributed by atoms with Crippen molar-refractivity contribution in [2.75, 3.05) is 44.1 Å². The Morgan fingerprint density at radius 1 is 1.38 bits per heavy atom. The van der Waals surface area contributed by atoms with Crippen molar-refractivity contribution >= 4 is 31.9 Å². The summed E-state index contributed by atoms with van der Waals surface area (Å²) in [7, 11) is 0.659. The molecule has 8 heteroatoms. The van der Waals surface area contributed by atoms with Gasteiger partial charge < -0.3 is 15.5 Å². The maximum Gasteiger partial charge on any atom is 0.180 e. The number of thiophene rings is 1. The zero-order valence-corrected chi connectivity index (χ0v) is 14.1. The lowest BCUT2D eigenvalue weighted by atomic mass is 10.0. The Kier molecular flexibility index (Phi) is 4.46. The molecule has 1 aliphatic heterocycles. The molecule has 0 radical (unpaired) electrons. The van der Waals surface area contributed by atoms with Crippen molar-refractivity contribution < 1.29 is 8.42 Å². The van der Waals surface area contributed by atoms with Gasteiger partial charge in [0.15, 0.2) is 9.84 Å². The number of rotatable bonds is 3. The number of hydrogen-bond donors (Lipinski definition) is 1. The summed E-state index contributed by atoms with van der Waals surface area (Å²) in [5.74, 6) is 0. The molecular formula is C13H20N4O2S2. The Balaban J connectivity index is 2.36. The number of nitrogens with two attached hydrogens (primary N) is 1. The van der Waals surface area contributed by atoms with Gasteiger partial charge in [-0.2, -0.15) is 5.26 Å². The first kappa shape index (κ1) is 16.1. The van der Waals surface area contributed by atoms with E-state index in [0.29, 0.717) is 11.0 Å². The van der Waals surface area contributed by atoms with Crippen molar-refractivity contribution in [3.63, 3.8) is 0 Å². The van der Waals surface area contributed by atoms with E-state index in [1.54, 1.807) is 0 Å².